The van der Waals surface area contributed by atoms with E-state index in [0.29, 0.717) is 0 Å². The number of nitrogens with zero attached hydrogens (tertiary/aromatic N) is 4. The van der Waals surface area contributed by atoms with Gasteiger partial charge in [0.1, 0.15) is 78.5 Å². The van der Waals surface area contributed by atoms with Gasteiger partial charge in [0.05, 0.1) is 32.0 Å². The molecule has 0 unspecified atom stereocenters. The van der Waals surface area contributed by atoms with Crippen LogP contribution in [0.15, 0.2) is 4.99 Å². The smallest absolute Gasteiger partial charge is 0.325 e. The number of aliphatic carboxylic acids is 4. The molecule has 558 valence electrons. The minimum atomic E-state index is -1.95. The van der Waals surface area contributed by atoms with Crippen LogP contribution in [0, 0.1) is 5.92 Å². The van der Waals surface area contributed by atoms with E-state index >= 15 is 0 Å². The highest BCUT2D eigenvalue weighted by Gasteiger charge is 2.45. The summed E-state index contributed by atoms with van der Waals surface area (Å²) < 4.78 is 0. The van der Waals surface area contributed by atoms with E-state index in [2.05, 4.69) is 52.8 Å². The Balaban J connectivity index is 1.79. The molecule has 0 radical (unpaired) electrons. The molecule has 3 heterocycles. The quantitative estimate of drug-likeness (QED) is 0.0154. The zero-order valence-corrected chi connectivity index (χ0v) is 56.5. The number of carboxylic acid groups (broad SMARTS) is 4. The van der Waals surface area contributed by atoms with E-state index in [9.17, 15) is 107 Å². The van der Waals surface area contributed by atoms with Crippen LogP contribution in [0.4, 0.5) is 0 Å². The molecule has 3 saturated heterocycles. The first-order valence-electron chi connectivity index (χ1n) is 32.3. The molecule has 14 amide bonds. The van der Waals surface area contributed by atoms with Gasteiger partial charge in [0.2, 0.25) is 82.7 Å². The first kappa shape index (κ1) is 83.9. The van der Waals surface area contributed by atoms with Crippen LogP contribution in [0.5, 0.6) is 0 Å². The fraction of sp³-hybridized carbons (Fsp3) is 0.678. The Bertz CT molecular complexity index is 3090. The largest absolute Gasteiger partial charge is 0.481 e. The highest BCUT2D eigenvalue weighted by Crippen LogP contribution is 2.25. The van der Waals surface area contributed by atoms with E-state index in [-0.39, 0.29) is 90.0 Å². The summed E-state index contributed by atoms with van der Waals surface area (Å²) in [6.07, 6.45) is -5.06. The Morgan fingerprint density at radius 1 is 0.450 bits per heavy atom. The van der Waals surface area contributed by atoms with Crippen LogP contribution in [0.1, 0.15) is 126 Å². The number of aliphatic imine (C=N–C) groups is 1. The third-order valence-corrected chi connectivity index (χ3v) is 16.3. The number of carbonyl (C=O) groups excluding carboxylic acids is 14. The third kappa shape index (κ3) is 26.1. The minimum absolute atomic E-state index is 0.0151. The van der Waals surface area contributed by atoms with Crippen molar-refractivity contribution in [3.8, 4) is 0 Å². The van der Waals surface area contributed by atoms with Crippen LogP contribution in [-0.4, -0.2) is 277 Å². The molecule has 22 N–H and O–H groups in total. The average Bonchev–Trinajstić information content (AvgIpc) is 1.58. The van der Waals surface area contributed by atoms with Gasteiger partial charge in [-0.1, -0.05) is 13.8 Å². The number of hydrogen-bond donors (Lipinski definition) is 19. The second-order valence-corrected chi connectivity index (χ2v) is 24.6. The number of nitrogens with one attached hydrogen (secondary N) is 11. The Hall–Kier alpha value is -10.3. The number of nitrogens with two attached hydrogens (primary N) is 3. The maximum Gasteiger partial charge on any atom is 0.325 e. The van der Waals surface area contributed by atoms with Gasteiger partial charge in [-0.15, -0.1) is 0 Å². The lowest BCUT2D eigenvalue weighted by Crippen LogP contribution is -2.61. The molecule has 0 spiro atoms. The summed E-state index contributed by atoms with van der Waals surface area (Å²) in [4.78, 5) is 243. The number of aliphatic hydroxyl groups excluding tert-OH is 1. The molecule has 0 aromatic heterocycles. The molecular weight excluding hydrogens is 1330 g/mol. The Labute approximate surface area is 573 Å². The molecule has 100 heavy (non-hydrogen) atoms. The fourth-order valence-corrected chi connectivity index (χ4v) is 10.9. The highest BCUT2D eigenvalue weighted by molar-refractivity contribution is 6.01. The van der Waals surface area contributed by atoms with Gasteiger partial charge < -0.3 is 116 Å². The summed E-state index contributed by atoms with van der Waals surface area (Å²) in [6.45, 7) is 7.73. The number of likely N-dealkylation sites (tertiary alicyclic amines) is 3. The lowest BCUT2D eigenvalue weighted by molar-refractivity contribution is -0.148. The van der Waals surface area contributed by atoms with Crippen molar-refractivity contribution in [2.45, 2.75) is 210 Å². The van der Waals surface area contributed by atoms with Crippen molar-refractivity contribution in [3.05, 3.63) is 0 Å². The van der Waals surface area contributed by atoms with Crippen LogP contribution < -0.4 is 75.7 Å². The van der Waals surface area contributed by atoms with Crippen LogP contribution in [0.2, 0.25) is 0 Å². The molecule has 41 heteroatoms. The van der Waals surface area contributed by atoms with Gasteiger partial charge in [-0.3, -0.25) is 91.3 Å². The van der Waals surface area contributed by atoms with Gasteiger partial charge >= 0.3 is 23.9 Å². The molecule has 41 nitrogen and oxygen atoms in total. The number of carboxylic acids is 4. The van der Waals surface area contributed by atoms with Gasteiger partial charge in [-0.2, -0.15) is 0 Å². The number of carbonyl (C=O) groups is 18. The second-order valence-electron chi connectivity index (χ2n) is 24.6. The maximum absolute atomic E-state index is 14.7. The standard InChI is InChI=1S/C59H94N18O23/c1-26(2)44(73-39(79)24-60)54(95)68-28(4)47(88)66-27(3)46(87)67-29(5)48(89)74-45(31(7)78)57(98)77-21-11-15-38(77)52(93)70-33(12-8-18-63-59(61)62)55(96)75-19-9-14-37(75)53(94)72-35(23-43(85)86)56(97)76-20-10-13-36(76)51(92)69-32(16-17-41(81)82)50(91)71-34(22-42(83)84)49(90)64-25-40(80)65-30(6)58(99)100/h26-38,44-45,78H,8-25,60H2,1-7H3,(H,64,90)(H,65,80)(H,66,88)(H,67,87)(H,68,95)(H,69,92)(H,70,93)(H,71,91)(H,72,94)(H,73,79)(H,74,89)(H,81,82)(H,83,84)(H,85,86)(H,99,100)(H4,61,62,63)/t27-,28-,29-,30-,31+,32-,33-,34-,35-,36-,37-,38-,44-,45-/m0/s1. The van der Waals surface area contributed by atoms with Crippen molar-refractivity contribution in [1.29, 1.82) is 0 Å². The van der Waals surface area contributed by atoms with Crippen LogP contribution in [0.25, 0.3) is 0 Å². The molecule has 3 aliphatic rings. The van der Waals surface area contributed by atoms with Crippen molar-refractivity contribution in [3.63, 3.8) is 0 Å². The summed E-state index contributed by atoms with van der Waals surface area (Å²) in [7, 11) is 0. The molecule has 3 fully saturated rings. The first-order valence-corrected chi connectivity index (χ1v) is 32.3. The molecule has 0 aliphatic carbocycles. The van der Waals surface area contributed by atoms with Crippen LogP contribution >= 0.6 is 0 Å². The topological polar surface area (TPSA) is 641 Å². The molecule has 3 rings (SSSR count). The molecule has 14 atom stereocenters. The SMILES string of the molecule is CC(C)[C@H](NC(=O)CN)C(=O)N[C@@H](C)C(=O)N[C@@H](C)C(=O)N[C@@H](C)C(=O)N[C@H](C(=O)N1CCC[C@H]1C(=O)N[C@@H](CCCN=C(N)N)C(=O)N1CCC[C@H]1C(=O)N[C@@H](CC(=O)O)C(=O)N1CCC[C@H]1C(=O)N[C@@H](CCC(=O)O)C(=O)N[C@@H](CC(=O)O)C(=O)NCC(=O)N[C@@H](C)C(=O)O)[C@@H](C)O. The summed E-state index contributed by atoms with van der Waals surface area (Å²) in [5, 5.41) is 74.5. The molecule has 0 aromatic carbocycles. The third-order valence-electron chi connectivity index (χ3n) is 16.3. The number of amides is 14. The first-order chi connectivity index (χ1) is 46.8. The van der Waals surface area contributed by atoms with Crippen LogP contribution in [0.3, 0.4) is 0 Å². The summed E-state index contributed by atoms with van der Waals surface area (Å²) >= 11 is 0. The number of guanidine groups is 1. The van der Waals surface area contributed by atoms with E-state index in [1.54, 1.807) is 13.8 Å². The number of rotatable bonds is 39. The van der Waals surface area contributed by atoms with E-state index in [0.717, 1.165) is 21.6 Å². The van der Waals surface area contributed by atoms with Crippen LogP contribution in [-0.2, 0) is 86.3 Å². The highest BCUT2D eigenvalue weighted by atomic mass is 16.4. The predicted octanol–water partition coefficient (Wildman–Crippen LogP) is -9.05. The Morgan fingerprint density at radius 3 is 1.33 bits per heavy atom. The van der Waals surface area contributed by atoms with Gasteiger partial charge in [-0.05, 0) is 98.3 Å². The van der Waals surface area contributed by atoms with Gasteiger partial charge in [-0.25, -0.2) is 0 Å². The molecular formula is C59H94N18O23. The Kier molecular flexibility index (Phi) is 33.5. The monoisotopic (exact) mass is 1420 g/mol. The van der Waals surface area contributed by atoms with Gasteiger partial charge in [0.15, 0.2) is 5.96 Å². The number of hydrogen-bond acceptors (Lipinski definition) is 21. The normalized spacial score (nSPS) is 18.9. The van der Waals surface area contributed by atoms with Crippen molar-refractivity contribution < 1.29 is 112 Å². The van der Waals surface area contributed by atoms with Crippen molar-refractivity contribution >= 4 is 113 Å². The molecule has 0 saturated carbocycles. The van der Waals surface area contributed by atoms with E-state index in [4.69, 9.17) is 22.3 Å². The van der Waals surface area contributed by atoms with Gasteiger partial charge in [0, 0.05) is 32.6 Å². The zero-order chi connectivity index (χ0) is 75.6. The summed E-state index contributed by atoms with van der Waals surface area (Å²) in [5.74, 6) is -20.3. The zero-order valence-electron chi connectivity index (χ0n) is 56.5. The van der Waals surface area contributed by atoms with E-state index in [1.165, 1.54) is 27.7 Å². The fourth-order valence-electron chi connectivity index (χ4n) is 10.9. The minimum Gasteiger partial charge on any atom is -0.481 e. The maximum atomic E-state index is 14.7. The summed E-state index contributed by atoms with van der Waals surface area (Å²) in [5.41, 5.74) is 16.4. The van der Waals surface area contributed by atoms with Gasteiger partial charge in [0.25, 0.3) is 0 Å². The molecule has 0 bridgehead atoms. The van der Waals surface area contributed by atoms with Crippen molar-refractivity contribution in [2.24, 2.45) is 28.1 Å². The average molecular weight is 1420 g/mol. The lowest BCUT2D eigenvalue weighted by atomic mass is 10.0. The summed E-state index contributed by atoms with van der Waals surface area (Å²) in [6, 6.07) is -19.5. The van der Waals surface area contributed by atoms with E-state index in [1.807, 2.05) is 10.6 Å². The molecule has 0 aromatic rings. The second kappa shape index (κ2) is 39.9. The molecule has 3 aliphatic heterocycles. The number of aliphatic hydroxyl groups is 1. The van der Waals surface area contributed by atoms with Crippen molar-refractivity contribution in [1.82, 2.24) is 73.2 Å². The lowest BCUT2D eigenvalue weighted by Gasteiger charge is -2.33. The van der Waals surface area contributed by atoms with E-state index < -0.39 is 229 Å². The van der Waals surface area contributed by atoms with Crippen molar-refractivity contribution in [2.75, 3.05) is 39.3 Å². The predicted molar refractivity (Wildman–Crippen MR) is 344 cm³/mol. The Morgan fingerprint density at radius 2 is 0.890 bits per heavy atom.